The van der Waals surface area contributed by atoms with E-state index in [1.54, 1.807) is 24.3 Å². The standard InChI is InChI=1S/C15H10Cl3N3O/c16-9-5-6-13(12(18)7-9)19-8-14-20-21-15(22-14)10-3-1-2-4-11(10)17/h1-7,19H,8H2. The summed E-state index contributed by atoms with van der Waals surface area (Å²) >= 11 is 18.0. The van der Waals surface area contributed by atoms with E-state index in [1.807, 2.05) is 18.2 Å². The van der Waals surface area contributed by atoms with E-state index in [0.717, 1.165) is 5.69 Å². The fraction of sp³-hybridized carbons (Fsp3) is 0.0667. The molecule has 0 fully saturated rings. The molecule has 0 saturated carbocycles. The number of anilines is 1. The molecule has 3 rings (SSSR count). The molecule has 0 amide bonds. The summed E-state index contributed by atoms with van der Waals surface area (Å²) in [5.41, 5.74) is 1.44. The lowest BCUT2D eigenvalue weighted by molar-refractivity contribution is 0.515. The van der Waals surface area contributed by atoms with Gasteiger partial charge in [0, 0.05) is 5.02 Å². The van der Waals surface area contributed by atoms with Gasteiger partial charge in [-0.25, -0.2) is 0 Å². The van der Waals surface area contributed by atoms with Gasteiger partial charge in [0.25, 0.3) is 0 Å². The molecule has 1 heterocycles. The van der Waals surface area contributed by atoms with Crippen LogP contribution in [0.2, 0.25) is 15.1 Å². The van der Waals surface area contributed by atoms with Gasteiger partial charge in [-0.3, -0.25) is 0 Å². The molecule has 3 aromatic rings. The normalized spacial score (nSPS) is 10.7. The van der Waals surface area contributed by atoms with Gasteiger partial charge in [0.2, 0.25) is 11.8 Å². The van der Waals surface area contributed by atoms with Gasteiger partial charge in [-0.2, -0.15) is 0 Å². The molecule has 0 aliphatic carbocycles. The summed E-state index contributed by atoms with van der Waals surface area (Å²) in [4.78, 5) is 0. The van der Waals surface area contributed by atoms with E-state index in [1.165, 1.54) is 0 Å². The highest BCUT2D eigenvalue weighted by molar-refractivity contribution is 6.36. The number of aromatic nitrogens is 2. The lowest BCUT2D eigenvalue weighted by atomic mass is 10.2. The third-order valence-electron chi connectivity index (χ3n) is 2.93. The van der Waals surface area contributed by atoms with Gasteiger partial charge in [-0.15, -0.1) is 10.2 Å². The van der Waals surface area contributed by atoms with E-state index in [2.05, 4.69) is 15.5 Å². The Morgan fingerprint density at radius 1 is 0.955 bits per heavy atom. The monoisotopic (exact) mass is 353 g/mol. The summed E-state index contributed by atoms with van der Waals surface area (Å²) in [5.74, 6) is 0.811. The molecule has 22 heavy (non-hydrogen) atoms. The topological polar surface area (TPSA) is 51.0 Å². The summed E-state index contributed by atoms with van der Waals surface area (Å²) in [6.45, 7) is 0.346. The number of halogens is 3. The van der Waals surface area contributed by atoms with Crippen LogP contribution in [0, 0.1) is 0 Å². The van der Waals surface area contributed by atoms with Crippen molar-refractivity contribution in [3.63, 3.8) is 0 Å². The lowest BCUT2D eigenvalue weighted by Crippen LogP contribution is -2.00. The molecule has 112 valence electrons. The van der Waals surface area contributed by atoms with Crippen molar-refractivity contribution in [1.29, 1.82) is 0 Å². The largest absolute Gasteiger partial charge is 0.419 e. The zero-order valence-electron chi connectivity index (χ0n) is 11.2. The Labute approximate surface area is 142 Å². The minimum Gasteiger partial charge on any atom is -0.419 e. The van der Waals surface area contributed by atoms with Crippen LogP contribution < -0.4 is 5.32 Å². The van der Waals surface area contributed by atoms with E-state index >= 15 is 0 Å². The van der Waals surface area contributed by atoms with Crippen molar-refractivity contribution in [1.82, 2.24) is 10.2 Å². The SMILES string of the molecule is Clc1ccc(NCc2nnc(-c3ccccc3Cl)o2)c(Cl)c1. The third-order valence-corrected chi connectivity index (χ3v) is 3.81. The van der Waals surface area contributed by atoms with Crippen molar-refractivity contribution >= 4 is 40.5 Å². The van der Waals surface area contributed by atoms with Crippen LogP contribution in [0.4, 0.5) is 5.69 Å². The maximum Gasteiger partial charge on any atom is 0.249 e. The zero-order chi connectivity index (χ0) is 15.5. The van der Waals surface area contributed by atoms with Crippen molar-refractivity contribution in [2.75, 3.05) is 5.32 Å². The molecule has 0 radical (unpaired) electrons. The second-order valence-corrected chi connectivity index (χ2v) is 5.71. The van der Waals surface area contributed by atoms with Crippen LogP contribution in [0.5, 0.6) is 0 Å². The minimum absolute atomic E-state index is 0.346. The number of hydrogen-bond donors (Lipinski definition) is 1. The molecule has 0 saturated heterocycles. The van der Waals surface area contributed by atoms with Gasteiger partial charge >= 0.3 is 0 Å². The molecule has 0 atom stereocenters. The molecule has 7 heteroatoms. The highest BCUT2D eigenvalue weighted by Gasteiger charge is 2.11. The zero-order valence-corrected chi connectivity index (χ0v) is 13.5. The number of hydrogen-bond acceptors (Lipinski definition) is 4. The van der Waals surface area contributed by atoms with Gasteiger partial charge in [-0.1, -0.05) is 46.9 Å². The number of nitrogens with one attached hydrogen (secondary N) is 1. The first-order valence-corrected chi connectivity index (χ1v) is 7.53. The quantitative estimate of drug-likeness (QED) is 0.690. The van der Waals surface area contributed by atoms with Gasteiger partial charge in [0.1, 0.15) is 0 Å². The second-order valence-electron chi connectivity index (χ2n) is 4.46. The molecular weight excluding hydrogens is 345 g/mol. The number of nitrogens with zero attached hydrogens (tertiary/aromatic N) is 2. The maximum absolute atomic E-state index is 6.10. The summed E-state index contributed by atoms with van der Waals surface area (Å²) in [5, 5.41) is 12.8. The molecule has 1 aromatic heterocycles. The van der Waals surface area contributed by atoms with E-state index in [4.69, 9.17) is 39.2 Å². The van der Waals surface area contributed by atoms with Gasteiger partial charge in [0.05, 0.1) is 27.8 Å². The first kappa shape index (κ1) is 15.2. The summed E-state index contributed by atoms with van der Waals surface area (Å²) in [6, 6.07) is 12.5. The molecule has 1 N–H and O–H groups in total. The first-order chi connectivity index (χ1) is 10.6. The minimum atomic E-state index is 0.346. The molecule has 0 aliphatic rings. The molecule has 4 nitrogen and oxygen atoms in total. The molecular formula is C15H10Cl3N3O. The van der Waals surface area contributed by atoms with Crippen LogP contribution in [0.15, 0.2) is 46.9 Å². The van der Waals surface area contributed by atoms with E-state index in [9.17, 15) is 0 Å². The second kappa shape index (κ2) is 6.57. The van der Waals surface area contributed by atoms with E-state index < -0.39 is 0 Å². The highest BCUT2D eigenvalue weighted by atomic mass is 35.5. The van der Waals surface area contributed by atoms with Crippen LogP contribution in [-0.4, -0.2) is 10.2 Å². The predicted octanol–water partition coefficient (Wildman–Crippen LogP) is 5.31. The number of rotatable bonds is 4. The van der Waals surface area contributed by atoms with Crippen LogP contribution in [0.1, 0.15) is 5.89 Å². The highest BCUT2D eigenvalue weighted by Crippen LogP contribution is 2.28. The average Bonchev–Trinajstić information content (AvgIpc) is 2.95. The van der Waals surface area contributed by atoms with Crippen molar-refractivity contribution < 1.29 is 4.42 Å². The average molecular weight is 355 g/mol. The summed E-state index contributed by atoms with van der Waals surface area (Å²) in [7, 11) is 0. The Morgan fingerprint density at radius 2 is 1.77 bits per heavy atom. The lowest BCUT2D eigenvalue weighted by Gasteiger charge is -2.05. The van der Waals surface area contributed by atoms with Crippen LogP contribution in [0.25, 0.3) is 11.5 Å². The van der Waals surface area contributed by atoms with Crippen molar-refractivity contribution in [2.24, 2.45) is 0 Å². The van der Waals surface area contributed by atoms with Crippen LogP contribution in [-0.2, 0) is 6.54 Å². The fourth-order valence-corrected chi connectivity index (χ4v) is 2.56. The van der Waals surface area contributed by atoms with E-state index in [0.29, 0.717) is 39.0 Å². The number of benzene rings is 2. The Kier molecular flexibility index (Phi) is 4.52. The fourth-order valence-electron chi connectivity index (χ4n) is 1.87. The molecule has 0 unspecified atom stereocenters. The Bertz CT molecular complexity index is 804. The van der Waals surface area contributed by atoms with Gasteiger partial charge in [-0.05, 0) is 30.3 Å². The van der Waals surface area contributed by atoms with Crippen LogP contribution in [0.3, 0.4) is 0 Å². The smallest absolute Gasteiger partial charge is 0.249 e. The van der Waals surface area contributed by atoms with Crippen molar-refractivity contribution in [3.05, 3.63) is 63.4 Å². The maximum atomic E-state index is 6.10. The van der Waals surface area contributed by atoms with Crippen molar-refractivity contribution in [2.45, 2.75) is 6.54 Å². The summed E-state index contributed by atoms with van der Waals surface area (Å²) in [6.07, 6.45) is 0. The van der Waals surface area contributed by atoms with Gasteiger partial charge < -0.3 is 9.73 Å². The van der Waals surface area contributed by atoms with E-state index in [-0.39, 0.29) is 0 Å². The first-order valence-electron chi connectivity index (χ1n) is 6.39. The molecule has 0 spiro atoms. The Morgan fingerprint density at radius 3 is 2.55 bits per heavy atom. The third kappa shape index (κ3) is 3.35. The van der Waals surface area contributed by atoms with Crippen molar-refractivity contribution in [3.8, 4) is 11.5 Å². The van der Waals surface area contributed by atoms with Gasteiger partial charge in [0.15, 0.2) is 0 Å². The Balaban J connectivity index is 1.74. The Hall–Kier alpha value is -1.75. The molecule has 0 aliphatic heterocycles. The summed E-state index contributed by atoms with van der Waals surface area (Å²) < 4.78 is 5.60. The van der Waals surface area contributed by atoms with Crippen LogP contribution >= 0.6 is 34.8 Å². The predicted molar refractivity (Wildman–Crippen MR) is 88.5 cm³/mol. The molecule has 2 aromatic carbocycles. The molecule has 0 bridgehead atoms.